The monoisotopic (exact) mass is 437 g/mol. The number of rotatable bonds is 4. The highest BCUT2D eigenvalue weighted by Gasteiger charge is 2.38. The second-order valence-electron chi connectivity index (χ2n) is 6.91. The summed E-state index contributed by atoms with van der Waals surface area (Å²) in [6.07, 6.45) is 0.0943. The summed E-state index contributed by atoms with van der Waals surface area (Å²) >= 11 is 0. The van der Waals surface area contributed by atoms with Crippen LogP contribution in [0, 0.1) is 0 Å². The maximum atomic E-state index is 12.6. The van der Waals surface area contributed by atoms with Gasteiger partial charge < -0.3 is 14.8 Å². The van der Waals surface area contributed by atoms with Crippen molar-refractivity contribution in [3.05, 3.63) is 48.0 Å². The van der Waals surface area contributed by atoms with Gasteiger partial charge in [0.05, 0.1) is 21.7 Å². The minimum Gasteiger partial charge on any atom is -0.486 e. The van der Waals surface area contributed by atoms with Crippen LogP contribution in [0.1, 0.15) is 16.8 Å². The van der Waals surface area contributed by atoms with Gasteiger partial charge >= 0.3 is 0 Å². The van der Waals surface area contributed by atoms with Crippen molar-refractivity contribution in [2.45, 2.75) is 16.6 Å². The molecule has 0 bridgehead atoms. The number of hydrogen-bond acceptors (Lipinski definition) is 7. The van der Waals surface area contributed by atoms with Crippen molar-refractivity contribution in [2.75, 3.05) is 30.0 Å². The van der Waals surface area contributed by atoms with Gasteiger partial charge in [-0.15, -0.1) is 0 Å². The average Bonchev–Trinajstić information content (AvgIpc) is 3.08. The van der Waals surface area contributed by atoms with E-state index in [0.29, 0.717) is 30.4 Å². The van der Waals surface area contributed by atoms with Crippen LogP contribution in [0.5, 0.6) is 11.5 Å². The van der Waals surface area contributed by atoms with Crippen LogP contribution in [-0.2, 0) is 19.7 Å². The standard InChI is InChI=1S/C19H19NO7S2/c21-19(20-14-3-6-17-18(11-14)27-9-8-26-17)13-1-4-15(5-2-13)29(24,25)16-7-10-28(22,23)12-16/h1-6,11,16H,7-10,12H2,(H,20,21). The summed E-state index contributed by atoms with van der Waals surface area (Å²) in [6, 6.07) is 10.5. The quantitative estimate of drug-likeness (QED) is 0.773. The molecule has 0 spiro atoms. The van der Waals surface area contributed by atoms with Gasteiger partial charge in [0.25, 0.3) is 5.91 Å². The summed E-state index contributed by atoms with van der Waals surface area (Å²) in [6.45, 7) is 0.906. The summed E-state index contributed by atoms with van der Waals surface area (Å²) in [5.74, 6) is 0.267. The first-order valence-electron chi connectivity index (χ1n) is 9.00. The predicted octanol–water partition coefficient (Wildman–Crippen LogP) is 1.67. The molecule has 0 radical (unpaired) electrons. The van der Waals surface area contributed by atoms with E-state index >= 15 is 0 Å². The normalized spacial score (nSPS) is 20.2. The molecule has 2 aliphatic rings. The molecule has 0 saturated carbocycles. The van der Waals surface area contributed by atoms with Gasteiger partial charge in [-0.25, -0.2) is 16.8 Å². The Kier molecular flexibility index (Phi) is 4.99. The molecule has 1 saturated heterocycles. The lowest BCUT2D eigenvalue weighted by atomic mass is 10.2. The van der Waals surface area contributed by atoms with Gasteiger partial charge in [-0.05, 0) is 42.8 Å². The predicted molar refractivity (Wildman–Crippen MR) is 106 cm³/mol. The number of nitrogens with one attached hydrogen (secondary N) is 1. The summed E-state index contributed by atoms with van der Waals surface area (Å²) in [7, 11) is -7.07. The molecule has 2 heterocycles. The molecular formula is C19H19NO7S2. The fourth-order valence-electron chi connectivity index (χ4n) is 3.32. The number of amides is 1. The van der Waals surface area contributed by atoms with Crippen LogP contribution >= 0.6 is 0 Å². The molecule has 2 aromatic rings. The number of anilines is 1. The Morgan fingerprint density at radius 1 is 1.00 bits per heavy atom. The SMILES string of the molecule is O=C(Nc1ccc2c(c1)OCCO2)c1ccc(S(=O)(=O)C2CCS(=O)(=O)C2)cc1. The van der Waals surface area contributed by atoms with E-state index in [0.717, 1.165) is 0 Å². The first-order valence-corrected chi connectivity index (χ1v) is 12.4. The third-order valence-corrected chi connectivity index (χ3v) is 9.06. The lowest BCUT2D eigenvalue weighted by molar-refractivity contribution is 0.102. The third kappa shape index (κ3) is 4.08. The van der Waals surface area contributed by atoms with Gasteiger partial charge in [-0.2, -0.15) is 0 Å². The zero-order valence-electron chi connectivity index (χ0n) is 15.3. The van der Waals surface area contributed by atoms with Crippen molar-refractivity contribution in [2.24, 2.45) is 0 Å². The van der Waals surface area contributed by atoms with Crippen LogP contribution in [-0.4, -0.2) is 52.7 Å². The minimum atomic E-state index is -3.76. The van der Waals surface area contributed by atoms with Gasteiger partial charge in [0, 0.05) is 17.3 Å². The maximum Gasteiger partial charge on any atom is 0.255 e. The molecule has 4 rings (SSSR count). The highest BCUT2D eigenvalue weighted by atomic mass is 32.2. The fourth-order valence-corrected chi connectivity index (χ4v) is 7.68. The fraction of sp³-hybridized carbons (Fsp3) is 0.316. The Labute approximate surface area is 168 Å². The molecule has 1 atom stereocenters. The van der Waals surface area contributed by atoms with E-state index in [1.54, 1.807) is 18.2 Å². The Hall–Kier alpha value is -2.59. The molecule has 8 nitrogen and oxygen atoms in total. The number of fused-ring (bicyclic) bond motifs is 1. The Morgan fingerprint density at radius 2 is 1.69 bits per heavy atom. The van der Waals surface area contributed by atoms with Crippen molar-refractivity contribution in [3.8, 4) is 11.5 Å². The number of carbonyl (C=O) groups excluding carboxylic acids is 1. The van der Waals surface area contributed by atoms with Gasteiger partial charge in [0.15, 0.2) is 31.2 Å². The van der Waals surface area contributed by atoms with Gasteiger partial charge in [0.1, 0.15) is 13.2 Å². The summed E-state index contributed by atoms with van der Waals surface area (Å²) in [5, 5.41) is 1.79. The molecule has 1 unspecified atom stereocenters. The lowest BCUT2D eigenvalue weighted by Gasteiger charge is -2.19. The smallest absolute Gasteiger partial charge is 0.255 e. The van der Waals surface area contributed by atoms with Crippen molar-refractivity contribution >= 4 is 31.3 Å². The third-order valence-electron chi connectivity index (χ3n) is 4.87. The molecule has 0 aliphatic carbocycles. The van der Waals surface area contributed by atoms with Crippen LogP contribution in [0.25, 0.3) is 0 Å². The number of sulfone groups is 2. The zero-order chi connectivity index (χ0) is 20.6. The van der Waals surface area contributed by atoms with Crippen LogP contribution in [0.4, 0.5) is 5.69 Å². The van der Waals surface area contributed by atoms with Gasteiger partial charge in [0.2, 0.25) is 0 Å². The van der Waals surface area contributed by atoms with Crippen LogP contribution in [0.3, 0.4) is 0 Å². The molecule has 2 aliphatic heterocycles. The van der Waals surface area contributed by atoms with E-state index in [4.69, 9.17) is 9.47 Å². The van der Waals surface area contributed by atoms with E-state index in [9.17, 15) is 21.6 Å². The number of carbonyl (C=O) groups is 1. The van der Waals surface area contributed by atoms with E-state index in [1.165, 1.54) is 24.3 Å². The second-order valence-corrected chi connectivity index (χ2v) is 11.4. The van der Waals surface area contributed by atoms with E-state index in [1.807, 2.05) is 0 Å². The highest BCUT2D eigenvalue weighted by Crippen LogP contribution is 2.32. The van der Waals surface area contributed by atoms with E-state index < -0.39 is 30.8 Å². The maximum absolute atomic E-state index is 12.6. The number of ether oxygens (including phenoxy) is 2. The first-order chi connectivity index (χ1) is 13.7. The highest BCUT2D eigenvalue weighted by molar-refractivity contribution is 7.96. The van der Waals surface area contributed by atoms with Crippen LogP contribution in [0.15, 0.2) is 47.4 Å². The Bertz CT molecular complexity index is 1160. The van der Waals surface area contributed by atoms with E-state index in [-0.39, 0.29) is 28.4 Å². The number of hydrogen-bond donors (Lipinski definition) is 1. The molecule has 1 fully saturated rings. The lowest BCUT2D eigenvalue weighted by Crippen LogP contribution is -2.23. The average molecular weight is 437 g/mol. The summed E-state index contributed by atoms with van der Waals surface area (Å²) in [5.41, 5.74) is 0.796. The molecular weight excluding hydrogens is 418 g/mol. The van der Waals surface area contributed by atoms with Crippen molar-refractivity contribution in [3.63, 3.8) is 0 Å². The second kappa shape index (κ2) is 7.34. The van der Waals surface area contributed by atoms with Crippen LogP contribution in [0.2, 0.25) is 0 Å². The minimum absolute atomic E-state index is 0.00970. The summed E-state index contributed by atoms with van der Waals surface area (Å²) < 4.78 is 59.4. The van der Waals surface area contributed by atoms with Crippen LogP contribution < -0.4 is 14.8 Å². The van der Waals surface area contributed by atoms with Crippen molar-refractivity contribution < 1.29 is 31.1 Å². The van der Waals surface area contributed by atoms with Crippen molar-refractivity contribution in [1.82, 2.24) is 0 Å². The molecule has 1 N–H and O–H groups in total. The molecule has 154 valence electrons. The molecule has 10 heteroatoms. The molecule has 1 amide bonds. The Morgan fingerprint density at radius 3 is 2.34 bits per heavy atom. The topological polar surface area (TPSA) is 116 Å². The largest absolute Gasteiger partial charge is 0.486 e. The molecule has 2 aromatic carbocycles. The Balaban J connectivity index is 1.48. The first kappa shape index (κ1) is 19.7. The molecule has 29 heavy (non-hydrogen) atoms. The number of benzene rings is 2. The van der Waals surface area contributed by atoms with Gasteiger partial charge in [-0.1, -0.05) is 0 Å². The van der Waals surface area contributed by atoms with Gasteiger partial charge in [-0.3, -0.25) is 4.79 Å². The van der Waals surface area contributed by atoms with Crippen molar-refractivity contribution in [1.29, 1.82) is 0 Å². The van der Waals surface area contributed by atoms with E-state index in [2.05, 4.69) is 5.32 Å². The summed E-state index contributed by atoms with van der Waals surface area (Å²) in [4.78, 5) is 12.5. The zero-order valence-corrected chi connectivity index (χ0v) is 17.0. The molecule has 0 aromatic heterocycles.